The molecule has 0 saturated carbocycles. The molecule has 1 aliphatic rings. The largest absolute Gasteiger partial charge is 0.368 e. The summed E-state index contributed by atoms with van der Waals surface area (Å²) in [6, 6.07) is 27.4. The molecule has 4 aromatic rings. The third-order valence-corrected chi connectivity index (χ3v) is 6.17. The van der Waals surface area contributed by atoms with Crippen LogP contribution in [0.1, 0.15) is 20.7 Å². The molecule has 0 spiro atoms. The summed E-state index contributed by atoms with van der Waals surface area (Å²) in [6.07, 6.45) is 0. The number of benzene rings is 4. The van der Waals surface area contributed by atoms with Gasteiger partial charge in [0.15, 0.2) is 0 Å². The number of hydrogen-bond acceptors (Lipinski definition) is 3. The lowest BCUT2D eigenvalue weighted by Crippen LogP contribution is -2.49. The Balaban J connectivity index is 1.19. The van der Waals surface area contributed by atoms with E-state index in [4.69, 9.17) is 0 Å². The van der Waals surface area contributed by atoms with Crippen LogP contribution in [0.3, 0.4) is 0 Å². The first-order valence-electron chi connectivity index (χ1n) is 11.3. The van der Waals surface area contributed by atoms with E-state index in [2.05, 4.69) is 10.2 Å². The Bertz CT molecular complexity index is 1350. The van der Waals surface area contributed by atoms with Crippen LogP contribution in [0, 0.1) is 5.82 Å². The number of nitrogens with one attached hydrogen (secondary N) is 1. The molecular formula is C28H24FN3O2. The van der Waals surface area contributed by atoms with Gasteiger partial charge in [0.05, 0.1) is 5.56 Å². The molecule has 1 saturated heterocycles. The van der Waals surface area contributed by atoms with Crippen LogP contribution in [-0.4, -0.2) is 42.9 Å². The van der Waals surface area contributed by atoms with E-state index in [0.717, 1.165) is 22.1 Å². The zero-order valence-electron chi connectivity index (χ0n) is 18.6. The third kappa shape index (κ3) is 4.48. The van der Waals surface area contributed by atoms with E-state index in [9.17, 15) is 14.0 Å². The van der Waals surface area contributed by atoms with Gasteiger partial charge in [-0.05, 0) is 59.3 Å². The third-order valence-electron chi connectivity index (χ3n) is 6.17. The zero-order chi connectivity index (χ0) is 23.5. The number of hydrogen-bond donors (Lipinski definition) is 1. The van der Waals surface area contributed by atoms with Crippen LogP contribution in [0.4, 0.5) is 15.8 Å². The number of rotatable bonds is 4. The number of carbonyl (C=O) groups is 2. The van der Waals surface area contributed by atoms with Gasteiger partial charge in [-0.2, -0.15) is 0 Å². The minimum atomic E-state index is -0.490. The Morgan fingerprint density at radius 2 is 1.41 bits per heavy atom. The predicted molar refractivity (Wildman–Crippen MR) is 133 cm³/mol. The van der Waals surface area contributed by atoms with E-state index in [0.29, 0.717) is 31.7 Å². The van der Waals surface area contributed by atoms with Crippen molar-refractivity contribution in [1.29, 1.82) is 0 Å². The monoisotopic (exact) mass is 453 g/mol. The molecule has 1 N–H and O–H groups in total. The van der Waals surface area contributed by atoms with Crippen molar-refractivity contribution in [2.24, 2.45) is 0 Å². The summed E-state index contributed by atoms with van der Waals surface area (Å²) in [5, 5.41) is 5.08. The summed E-state index contributed by atoms with van der Waals surface area (Å²) in [5.74, 6) is -0.917. The van der Waals surface area contributed by atoms with Gasteiger partial charge in [-0.25, -0.2) is 4.39 Å². The summed E-state index contributed by atoms with van der Waals surface area (Å²) in [7, 11) is 0. The lowest BCUT2D eigenvalue weighted by Gasteiger charge is -2.36. The molecule has 0 aromatic heterocycles. The molecule has 0 atom stereocenters. The molecule has 1 aliphatic heterocycles. The Morgan fingerprint density at radius 3 is 2.15 bits per heavy atom. The molecule has 1 heterocycles. The van der Waals surface area contributed by atoms with E-state index in [1.54, 1.807) is 17.0 Å². The number of fused-ring (bicyclic) bond motifs is 1. The minimum absolute atomic E-state index is 0.113. The van der Waals surface area contributed by atoms with Crippen LogP contribution in [0.25, 0.3) is 10.8 Å². The van der Waals surface area contributed by atoms with Crippen molar-refractivity contribution in [2.45, 2.75) is 0 Å². The van der Waals surface area contributed by atoms with E-state index < -0.39 is 5.82 Å². The van der Waals surface area contributed by atoms with Crippen molar-refractivity contribution in [3.05, 3.63) is 108 Å². The van der Waals surface area contributed by atoms with Gasteiger partial charge in [0.1, 0.15) is 5.82 Å². The van der Waals surface area contributed by atoms with Crippen LogP contribution in [0.5, 0.6) is 0 Å². The fraction of sp³-hybridized carbons (Fsp3) is 0.143. The Hall–Kier alpha value is -4.19. The molecule has 170 valence electrons. The minimum Gasteiger partial charge on any atom is -0.368 e. The quantitative estimate of drug-likeness (QED) is 0.463. The maximum atomic E-state index is 14.0. The maximum absolute atomic E-state index is 14.0. The van der Waals surface area contributed by atoms with Crippen LogP contribution in [-0.2, 0) is 0 Å². The van der Waals surface area contributed by atoms with Crippen molar-refractivity contribution in [1.82, 2.24) is 4.90 Å². The highest BCUT2D eigenvalue weighted by atomic mass is 19.1. The summed E-state index contributed by atoms with van der Waals surface area (Å²) >= 11 is 0. The summed E-state index contributed by atoms with van der Waals surface area (Å²) in [6.45, 7) is 2.35. The van der Waals surface area contributed by atoms with Crippen molar-refractivity contribution in [3.63, 3.8) is 0 Å². The van der Waals surface area contributed by atoms with Crippen LogP contribution in [0.15, 0.2) is 91.0 Å². The molecule has 5 nitrogen and oxygen atoms in total. The molecule has 0 aliphatic carbocycles. The van der Waals surface area contributed by atoms with E-state index in [-0.39, 0.29) is 17.4 Å². The lowest BCUT2D eigenvalue weighted by molar-refractivity contribution is 0.0742. The van der Waals surface area contributed by atoms with Crippen molar-refractivity contribution in [3.8, 4) is 0 Å². The highest BCUT2D eigenvalue weighted by Crippen LogP contribution is 2.22. The normalized spacial score (nSPS) is 13.7. The molecule has 0 unspecified atom stereocenters. The SMILES string of the molecule is O=C(Nc1ccc(N2CCN(C(=O)c3ccccc3F)CC2)cc1)c1ccc2ccccc2c1. The average Bonchev–Trinajstić information content (AvgIpc) is 2.89. The molecular weight excluding hydrogens is 429 g/mol. The highest BCUT2D eigenvalue weighted by molar-refractivity contribution is 6.06. The van der Waals surface area contributed by atoms with Crippen LogP contribution in [0.2, 0.25) is 0 Å². The van der Waals surface area contributed by atoms with E-state index >= 15 is 0 Å². The van der Waals surface area contributed by atoms with Crippen LogP contribution < -0.4 is 10.2 Å². The first kappa shape index (κ1) is 21.6. The van der Waals surface area contributed by atoms with E-state index in [1.165, 1.54) is 12.1 Å². The van der Waals surface area contributed by atoms with Crippen molar-refractivity contribution >= 4 is 34.0 Å². The van der Waals surface area contributed by atoms with Crippen molar-refractivity contribution in [2.75, 3.05) is 36.4 Å². The molecule has 5 rings (SSSR count). The average molecular weight is 454 g/mol. The van der Waals surface area contributed by atoms with Crippen LogP contribution >= 0.6 is 0 Å². The van der Waals surface area contributed by atoms with Gasteiger partial charge in [0.2, 0.25) is 0 Å². The number of nitrogens with zero attached hydrogens (tertiary/aromatic N) is 2. The highest BCUT2D eigenvalue weighted by Gasteiger charge is 2.24. The predicted octanol–water partition coefficient (Wildman–Crippen LogP) is 5.19. The molecule has 2 amide bonds. The van der Waals surface area contributed by atoms with Gasteiger partial charge in [0.25, 0.3) is 11.8 Å². The first-order valence-corrected chi connectivity index (χ1v) is 11.3. The second kappa shape index (κ2) is 9.35. The van der Waals surface area contributed by atoms with E-state index in [1.807, 2.05) is 66.7 Å². The fourth-order valence-corrected chi connectivity index (χ4v) is 4.26. The summed E-state index contributed by atoms with van der Waals surface area (Å²) in [5.41, 5.74) is 2.46. The Kier molecular flexibility index (Phi) is 5.95. The van der Waals surface area contributed by atoms with Gasteiger partial charge < -0.3 is 15.1 Å². The van der Waals surface area contributed by atoms with Gasteiger partial charge in [-0.1, -0.05) is 42.5 Å². The fourth-order valence-electron chi connectivity index (χ4n) is 4.26. The Labute approximate surface area is 197 Å². The van der Waals surface area contributed by atoms with Gasteiger partial charge in [0, 0.05) is 43.1 Å². The van der Waals surface area contributed by atoms with Gasteiger partial charge in [-0.15, -0.1) is 0 Å². The molecule has 1 fully saturated rings. The van der Waals surface area contributed by atoms with Gasteiger partial charge in [-0.3, -0.25) is 9.59 Å². The second-order valence-corrected chi connectivity index (χ2v) is 8.32. The summed E-state index contributed by atoms with van der Waals surface area (Å²) in [4.78, 5) is 29.2. The molecule has 0 bridgehead atoms. The lowest BCUT2D eigenvalue weighted by atomic mass is 10.1. The van der Waals surface area contributed by atoms with Gasteiger partial charge >= 0.3 is 0 Å². The Morgan fingerprint density at radius 1 is 0.735 bits per heavy atom. The number of halogens is 1. The molecule has 34 heavy (non-hydrogen) atoms. The standard InChI is InChI=1S/C28H24FN3O2/c29-26-8-4-3-7-25(26)28(34)32-17-15-31(16-18-32)24-13-11-23(12-14-24)30-27(33)22-10-9-20-5-1-2-6-21(20)19-22/h1-14,19H,15-18H2,(H,30,33). The molecule has 4 aromatic carbocycles. The zero-order valence-corrected chi connectivity index (χ0v) is 18.6. The number of anilines is 2. The maximum Gasteiger partial charge on any atom is 0.256 e. The number of piperazine rings is 1. The number of amides is 2. The topological polar surface area (TPSA) is 52.7 Å². The molecule has 6 heteroatoms. The summed E-state index contributed by atoms with van der Waals surface area (Å²) < 4.78 is 14.0. The second-order valence-electron chi connectivity index (χ2n) is 8.32. The first-order chi connectivity index (χ1) is 16.6. The smallest absolute Gasteiger partial charge is 0.256 e. The molecule has 0 radical (unpaired) electrons. The van der Waals surface area contributed by atoms with Crippen molar-refractivity contribution < 1.29 is 14.0 Å². The number of carbonyl (C=O) groups excluding carboxylic acids is 2.